The standard InChI is InChI=1S/C12H9BrN4/c13-9-5-10(8-15-7-9)17-12(6-14)11-3-1-2-4-16-11/h1-5,7-8,12,17H/t12-/m0/s1. The molecule has 1 N–H and O–H groups in total. The molecule has 2 aromatic rings. The molecule has 0 fully saturated rings. The molecule has 5 heteroatoms. The average molecular weight is 289 g/mol. The summed E-state index contributed by atoms with van der Waals surface area (Å²) < 4.78 is 0.861. The van der Waals surface area contributed by atoms with E-state index < -0.39 is 6.04 Å². The van der Waals surface area contributed by atoms with Gasteiger partial charge in [0.2, 0.25) is 0 Å². The van der Waals surface area contributed by atoms with E-state index in [4.69, 9.17) is 5.26 Å². The Morgan fingerprint density at radius 2 is 2.24 bits per heavy atom. The van der Waals surface area contributed by atoms with Crippen LogP contribution in [0.1, 0.15) is 11.7 Å². The van der Waals surface area contributed by atoms with Crippen LogP contribution in [0.2, 0.25) is 0 Å². The molecule has 0 amide bonds. The molecule has 0 aliphatic carbocycles. The van der Waals surface area contributed by atoms with E-state index in [0.717, 1.165) is 10.2 Å². The first kappa shape index (κ1) is 11.6. The van der Waals surface area contributed by atoms with Gasteiger partial charge in [0.15, 0.2) is 6.04 Å². The van der Waals surface area contributed by atoms with Crippen LogP contribution in [0.5, 0.6) is 0 Å². The number of nitriles is 1. The van der Waals surface area contributed by atoms with Crippen molar-refractivity contribution in [3.63, 3.8) is 0 Å². The summed E-state index contributed by atoms with van der Waals surface area (Å²) in [4.78, 5) is 8.18. The van der Waals surface area contributed by atoms with Crippen molar-refractivity contribution in [2.24, 2.45) is 0 Å². The van der Waals surface area contributed by atoms with Gasteiger partial charge in [-0.25, -0.2) is 0 Å². The number of halogens is 1. The molecule has 0 saturated carbocycles. The second-order valence-electron chi connectivity index (χ2n) is 3.35. The summed E-state index contributed by atoms with van der Waals surface area (Å²) in [6.07, 6.45) is 5.02. The second-order valence-corrected chi connectivity index (χ2v) is 4.27. The van der Waals surface area contributed by atoms with Crippen molar-refractivity contribution >= 4 is 21.6 Å². The summed E-state index contributed by atoms with van der Waals surface area (Å²) in [6, 6.07) is 9.04. The number of rotatable bonds is 3. The zero-order chi connectivity index (χ0) is 12.1. The van der Waals surface area contributed by atoms with Crippen LogP contribution in [-0.2, 0) is 0 Å². The van der Waals surface area contributed by atoms with Gasteiger partial charge in [0, 0.05) is 16.9 Å². The quantitative estimate of drug-likeness (QED) is 0.943. The predicted octanol–water partition coefficient (Wildman–Crippen LogP) is 2.92. The molecule has 2 aromatic heterocycles. The van der Waals surface area contributed by atoms with E-state index in [0.29, 0.717) is 5.69 Å². The third-order valence-electron chi connectivity index (χ3n) is 2.13. The summed E-state index contributed by atoms with van der Waals surface area (Å²) in [5.41, 5.74) is 1.46. The van der Waals surface area contributed by atoms with Crippen LogP contribution in [0.25, 0.3) is 0 Å². The average Bonchev–Trinajstić information content (AvgIpc) is 2.37. The third-order valence-corrected chi connectivity index (χ3v) is 2.56. The zero-order valence-corrected chi connectivity index (χ0v) is 10.4. The molecular formula is C12H9BrN4. The molecule has 0 aromatic carbocycles. The summed E-state index contributed by atoms with van der Waals surface area (Å²) in [7, 11) is 0. The lowest BCUT2D eigenvalue weighted by atomic mass is 10.2. The molecule has 0 saturated heterocycles. The van der Waals surface area contributed by atoms with Crippen molar-refractivity contribution in [3.05, 3.63) is 53.0 Å². The molecule has 0 aliphatic rings. The van der Waals surface area contributed by atoms with Crippen molar-refractivity contribution in [3.8, 4) is 6.07 Å². The van der Waals surface area contributed by atoms with Crippen LogP contribution in [0.3, 0.4) is 0 Å². The summed E-state index contributed by atoms with van der Waals surface area (Å²) in [5, 5.41) is 12.2. The SMILES string of the molecule is N#C[C@H](Nc1cncc(Br)c1)c1ccccn1. The van der Waals surface area contributed by atoms with Crippen molar-refractivity contribution < 1.29 is 0 Å². The van der Waals surface area contributed by atoms with Crippen LogP contribution in [0.4, 0.5) is 5.69 Å². The number of nitrogens with one attached hydrogen (secondary N) is 1. The van der Waals surface area contributed by atoms with Gasteiger partial charge in [-0.3, -0.25) is 9.97 Å². The van der Waals surface area contributed by atoms with Gasteiger partial charge >= 0.3 is 0 Å². The molecule has 0 radical (unpaired) electrons. The highest BCUT2D eigenvalue weighted by Gasteiger charge is 2.11. The minimum Gasteiger partial charge on any atom is -0.364 e. The summed E-state index contributed by atoms with van der Waals surface area (Å²) in [5.74, 6) is 0. The highest BCUT2D eigenvalue weighted by atomic mass is 79.9. The Bertz CT molecular complexity index is 536. The van der Waals surface area contributed by atoms with Crippen molar-refractivity contribution in [1.29, 1.82) is 5.26 Å². The molecule has 1 atom stereocenters. The molecule has 0 bridgehead atoms. The number of aromatic nitrogens is 2. The van der Waals surface area contributed by atoms with Gasteiger partial charge < -0.3 is 5.32 Å². The Hall–Kier alpha value is -1.93. The lowest BCUT2D eigenvalue weighted by Gasteiger charge is -2.11. The molecule has 84 valence electrons. The summed E-state index contributed by atoms with van der Waals surface area (Å²) in [6.45, 7) is 0. The highest BCUT2D eigenvalue weighted by molar-refractivity contribution is 9.10. The van der Waals surface area contributed by atoms with Gasteiger partial charge in [0.05, 0.1) is 23.6 Å². The molecule has 4 nitrogen and oxygen atoms in total. The number of nitrogens with zero attached hydrogens (tertiary/aromatic N) is 3. The lowest BCUT2D eigenvalue weighted by Crippen LogP contribution is -2.10. The smallest absolute Gasteiger partial charge is 0.157 e. The van der Waals surface area contributed by atoms with Gasteiger partial charge in [0.1, 0.15) is 0 Å². The highest BCUT2D eigenvalue weighted by Crippen LogP contribution is 2.19. The maximum atomic E-state index is 9.13. The van der Waals surface area contributed by atoms with Crippen molar-refractivity contribution in [2.75, 3.05) is 5.32 Å². The molecule has 17 heavy (non-hydrogen) atoms. The second kappa shape index (κ2) is 5.41. The minimum atomic E-state index is -0.479. The van der Waals surface area contributed by atoms with Crippen LogP contribution in [-0.4, -0.2) is 9.97 Å². The van der Waals surface area contributed by atoms with E-state index in [-0.39, 0.29) is 0 Å². The Labute approximate surface area is 107 Å². The van der Waals surface area contributed by atoms with Crippen molar-refractivity contribution in [2.45, 2.75) is 6.04 Å². The fraction of sp³-hybridized carbons (Fsp3) is 0.0833. The van der Waals surface area contributed by atoms with E-state index in [2.05, 4.69) is 37.3 Å². The number of hydrogen-bond donors (Lipinski definition) is 1. The number of anilines is 1. The predicted molar refractivity (Wildman–Crippen MR) is 68.2 cm³/mol. The molecule has 2 rings (SSSR count). The van der Waals surface area contributed by atoms with Gasteiger partial charge in [-0.2, -0.15) is 5.26 Å². The van der Waals surface area contributed by atoms with Crippen molar-refractivity contribution in [1.82, 2.24) is 9.97 Å². The Kier molecular flexibility index (Phi) is 3.68. The van der Waals surface area contributed by atoms with E-state index in [1.165, 1.54) is 0 Å². The van der Waals surface area contributed by atoms with E-state index in [9.17, 15) is 0 Å². The minimum absolute atomic E-state index is 0.479. The van der Waals surface area contributed by atoms with Gasteiger partial charge in [-0.05, 0) is 34.1 Å². The largest absolute Gasteiger partial charge is 0.364 e. The van der Waals surface area contributed by atoms with Crippen LogP contribution in [0, 0.1) is 11.3 Å². The van der Waals surface area contributed by atoms with Gasteiger partial charge in [-0.1, -0.05) is 6.07 Å². The third kappa shape index (κ3) is 3.02. The molecule has 0 spiro atoms. The van der Waals surface area contributed by atoms with E-state index in [1.54, 1.807) is 18.6 Å². The van der Waals surface area contributed by atoms with E-state index >= 15 is 0 Å². The Morgan fingerprint density at radius 1 is 1.35 bits per heavy atom. The first-order valence-corrected chi connectivity index (χ1v) is 5.76. The topological polar surface area (TPSA) is 61.6 Å². The van der Waals surface area contributed by atoms with Crippen LogP contribution in [0.15, 0.2) is 47.3 Å². The zero-order valence-electron chi connectivity index (χ0n) is 8.84. The van der Waals surface area contributed by atoms with Gasteiger partial charge in [-0.15, -0.1) is 0 Å². The first-order chi connectivity index (χ1) is 8.29. The maximum absolute atomic E-state index is 9.13. The first-order valence-electron chi connectivity index (χ1n) is 4.97. The molecule has 0 aliphatic heterocycles. The summed E-state index contributed by atoms with van der Waals surface area (Å²) >= 11 is 3.33. The normalized spacial score (nSPS) is 11.5. The fourth-order valence-corrected chi connectivity index (χ4v) is 1.74. The number of hydrogen-bond acceptors (Lipinski definition) is 4. The number of pyridine rings is 2. The van der Waals surface area contributed by atoms with Gasteiger partial charge in [0.25, 0.3) is 0 Å². The Balaban J connectivity index is 2.20. The lowest BCUT2D eigenvalue weighted by molar-refractivity contribution is 0.932. The molecular weight excluding hydrogens is 280 g/mol. The Morgan fingerprint density at radius 3 is 2.88 bits per heavy atom. The maximum Gasteiger partial charge on any atom is 0.157 e. The monoisotopic (exact) mass is 288 g/mol. The van der Waals surface area contributed by atoms with Crippen LogP contribution >= 0.6 is 15.9 Å². The molecule has 2 heterocycles. The fourth-order valence-electron chi connectivity index (χ4n) is 1.38. The van der Waals surface area contributed by atoms with E-state index in [1.807, 2.05) is 24.3 Å². The molecule has 0 unspecified atom stereocenters. The van der Waals surface area contributed by atoms with Crippen LogP contribution < -0.4 is 5.32 Å².